The molecule has 1 aliphatic rings. The van der Waals surface area contributed by atoms with Crippen LogP contribution in [0.2, 0.25) is 0 Å². The Bertz CT molecular complexity index is 271. The van der Waals surface area contributed by atoms with Crippen LogP contribution in [0.25, 0.3) is 0 Å². The van der Waals surface area contributed by atoms with Gasteiger partial charge in [0.15, 0.2) is 0 Å². The van der Waals surface area contributed by atoms with E-state index in [9.17, 15) is 0 Å². The van der Waals surface area contributed by atoms with Crippen LogP contribution in [0.4, 0.5) is 0 Å². The van der Waals surface area contributed by atoms with Crippen LogP contribution in [0.5, 0.6) is 0 Å². The van der Waals surface area contributed by atoms with Gasteiger partial charge in [0, 0.05) is 12.6 Å². The lowest BCUT2D eigenvalue weighted by Crippen LogP contribution is -2.19. The quantitative estimate of drug-likeness (QED) is 0.640. The van der Waals surface area contributed by atoms with Crippen LogP contribution in [0, 0.1) is 0 Å². The van der Waals surface area contributed by atoms with E-state index in [-0.39, 0.29) is 0 Å². The fourth-order valence-corrected chi connectivity index (χ4v) is 2.01. The molecule has 0 saturated carbocycles. The summed E-state index contributed by atoms with van der Waals surface area (Å²) < 4.78 is 0. The van der Waals surface area contributed by atoms with E-state index in [1.807, 2.05) is 0 Å². The molecule has 1 atom stereocenters. The summed E-state index contributed by atoms with van der Waals surface area (Å²) in [5.74, 6) is 0. The highest BCUT2D eigenvalue weighted by Crippen LogP contribution is 2.24. The summed E-state index contributed by atoms with van der Waals surface area (Å²) in [7, 11) is 4.35. The van der Waals surface area contributed by atoms with E-state index in [0.717, 1.165) is 13.2 Å². The number of rotatable bonds is 1. The van der Waals surface area contributed by atoms with Gasteiger partial charge in [-0.25, -0.2) is 0 Å². The van der Waals surface area contributed by atoms with Crippen LogP contribution in [0.3, 0.4) is 0 Å². The van der Waals surface area contributed by atoms with Gasteiger partial charge < -0.3 is 0 Å². The lowest BCUT2D eigenvalue weighted by Gasteiger charge is -2.17. The van der Waals surface area contributed by atoms with E-state index in [0.29, 0.717) is 6.04 Å². The third-order valence-corrected chi connectivity index (χ3v) is 2.67. The SMILES string of the molecule is CN1CC(c2ccccc2)N(C)C1. The van der Waals surface area contributed by atoms with Gasteiger partial charge in [-0.1, -0.05) is 30.3 Å². The van der Waals surface area contributed by atoms with Crippen LogP contribution in [0.1, 0.15) is 11.6 Å². The lowest BCUT2D eigenvalue weighted by atomic mass is 10.1. The average Bonchev–Trinajstić information content (AvgIpc) is 2.47. The first kappa shape index (κ1) is 8.73. The zero-order valence-electron chi connectivity index (χ0n) is 8.27. The van der Waals surface area contributed by atoms with Crippen LogP contribution >= 0.6 is 0 Å². The predicted molar refractivity (Wildman–Crippen MR) is 54.4 cm³/mol. The van der Waals surface area contributed by atoms with Crippen LogP contribution in [-0.4, -0.2) is 37.1 Å². The van der Waals surface area contributed by atoms with Crippen LogP contribution < -0.4 is 0 Å². The normalized spacial score (nSPS) is 25.2. The number of likely N-dealkylation sites (N-methyl/N-ethyl adjacent to an activating group) is 2. The summed E-state index contributed by atoms with van der Waals surface area (Å²) in [6.45, 7) is 2.21. The molecule has 1 saturated heterocycles. The number of hydrogen-bond acceptors (Lipinski definition) is 2. The van der Waals surface area contributed by atoms with Crippen LogP contribution in [-0.2, 0) is 0 Å². The molecule has 1 aromatic rings. The van der Waals surface area contributed by atoms with Gasteiger partial charge >= 0.3 is 0 Å². The number of nitrogens with zero attached hydrogens (tertiary/aromatic N) is 2. The first-order valence-electron chi connectivity index (χ1n) is 4.71. The van der Waals surface area contributed by atoms with Gasteiger partial charge in [-0.15, -0.1) is 0 Å². The largest absolute Gasteiger partial charge is 0.292 e. The third-order valence-electron chi connectivity index (χ3n) is 2.67. The average molecular weight is 176 g/mol. The molecule has 0 aromatic heterocycles. The monoisotopic (exact) mass is 176 g/mol. The van der Waals surface area contributed by atoms with Crippen molar-refractivity contribution in [3.63, 3.8) is 0 Å². The first-order valence-corrected chi connectivity index (χ1v) is 4.71. The van der Waals surface area contributed by atoms with Crippen molar-refractivity contribution in [1.29, 1.82) is 0 Å². The van der Waals surface area contributed by atoms with Gasteiger partial charge in [0.2, 0.25) is 0 Å². The molecule has 1 aromatic carbocycles. The Morgan fingerprint density at radius 3 is 2.38 bits per heavy atom. The van der Waals surface area contributed by atoms with Gasteiger partial charge in [0.05, 0.1) is 6.67 Å². The van der Waals surface area contributed by atoms with E-state index in [2.05, 4.69) is 54.2 Å². The Labute approximate surface area is 79.8 Å². The fraction of sp³-hybridized carbons (Fsp3) is 0.455. The minimum absolute atomic E-state index is 0.575. The van der Waals surface area contributed by atoms with Gasteiger partial charge in [-0.05, 0) is 19.7 Å². The van der Waals surface area contributed by atoms with E-state index in [1.54, 1.807) is 0 Å². The Hall–Kier alpha value is -0.860. The smallest absolute Gasteiger partial charge is 0.0507 e. The summed E-state index contributed by atoms with van der Waals surface area (Å²) >= 11 is 0. The molecule has 1 unspecified atom stereocenters. The summed E-state index contributed by atoms with van der Waals surface area (Å²) in [4.78, 5) is 4.73. The molecule has 0 amide bonds. The van der Waals surface area contributed by atoms with Crippen molar-refractivity contribution in [2.24, 2.45) is 0 Å². The molecule has 13 heavy (non-hydrogen) atoms. The first-order chi connectivity index (χ1) is 6.27. The topological polar surface area (TPSA) is 6.48 Å². The molecule has 2 rings (SSSR count). The molecule has 2 heteroatoms. The molecule has 0 spiro atoms. The zero-order chi connectivity index (χ0) is 9.26. The highest BCUT2D eigenvalue weighted by atomic mass is 15.4. The number of benzene rings is 1. The molecular formula is C11H16N2. The minimum atomic E-state index is 0.575. The number of hydrogen-bond donors (Lipinski definition) is 0. The fourth-order valence-electron chi connectivity index (χ4n) is 2.01. The van der Waals surface area contributed by atoms with Gasteiger partial charge in [0.1, 0.15) is 0 Å². The maximum Gasteiger partial charge on any atom is 0.0507 e. The van der Waals surface area contributed by atoms with Gasteiger partial charge in [-0.3, -0.25) is 9.80 Å². The van der Waals surface area contributed by atoms with Crippen LogP contribution in [0.15, 0.2) is 30.3 Å². The third kappa shape index (κ3) is 1.74. The molecule has 0 radical (unpaired) electrons. The Morgan fingerprint density at radius 1 is 1.15 bits per heavy atom. The Kier molecular flexibility index (Phi) is 2.34. The molecule has 1 heterocycles. The molecular weight excluding hydrogens is 160 g/mol. The minimum Gasteiger partial charge on any atom is -0.292 e. The standard InChI is InChI=1S/C11H16N2/c1-12-8-11(13(2)9-12)10-6-4-3-5-7-10/h3-7,11H,8-9H2,1-2H3. The van der Waals surface area contributed by atoms with Gasteiger partial charge in [0.25, 0.3) is 0 Å². The van der Waals surface area contributed by atoms with E-state index >= 15 is 0 Å². The summed E-state index contributed by atoms with van der Waals surface area (Å²) in [5, 5.41) is 0. The Balaban J connectivity index is 2.18. The highest BCUT2D eigenvalue weighted by molar-refractivity contribution is 5.20. The van der Waals surface area contributed by atoms with Crippen molar-refractivity contribution in [1.82, 2.24) is 9.80 Å². The Morgan fingerprint density at radius 2 is 1.85 bits per heavy atom. The maximum atomic E-state index is 2.38. The second-order valence-corrected chi connectivity index (χ2v) is 3.86. The second kappa shape index (κ2) is 3.48. The van der Waals surface area contributed by atoms with Crippen molar-refractivity contribution >= 4 is 0 Å². The van der Waals surface area contributed by atoms with Crippen molar-refractivity contribution in [2.45, 2.75) is 6.04 Å². The summed E-state index contributed by atoms with van der Waals surface area (Å²) in [5.41, 5.74) is 1.43. The van der Waals surface area contributed by atoms with E-state index < -0.39 is 0 Å². The summed E-state index contributed by atoms with van der Waals surface area (Å²) in [6, 6.07) is 11.3. The summed E-state index contributed by atoms with van der Waals surface area (Å²) in [6.07, 6.45) is 0. The van der Waals surface area contributed by atoms with Gasteiger partial charge in [-0.2, -0.15) is 0 Å². The molecule has 1 aliphatic heterocycles. The lowest BCUT2D eigenvalue weighted by molar-refractivity contribution is 0.288. The molecule has 0 aliphatic carbocycles. The maximum absolute atomic E-state index is 2.38. The highest BCUT2D eigenvalue weighted by Gasteiger charge is 2.25. The van der Waals surface area contributed by atoms with Crippen molar-refractivity contribution in [2.75, 3.05) is 27.3 Å². The van der Waals surface area contributed by atoms with Crippen molar-refractivity contribution < 1.29 is 0 Å². The zero-order valence-corrected chi connectivity index (χ0v) is 8.27. The molecule has 0 N–H and O–H groups in total. The van der Waals surface area contributed by atoms with Crippen molar-refractivity contribution in [3.8, 4) is 0 Å². The molecule has 70 valence electrons. The molecule has 1 fully saturated rings. The second-order valence-electron chi connectivity index (χ2n) is 3.86. The van der Waals surface area contributed by atoms with E-state index in [1.165, 1.54) is 5.56 Å². The predicted octanol–water partition coefficient (Wildman–Crippen LogP) is 1.56. The molecule has 2 nitrogen and oxygen atoms in total. The van der Waals surface area contributed by atoms with E-state index in [4.69, 9.17) is 0 Å². The molecule has 0 bridgehead atoms. The van der Waals surface area contributed by atoms with Crippen molar-refractivity contribution in [3.05, 3.63) is 35.9 Å².